The van der Waals surface area contributed by atoms with Gasteiger partial charge in [-0.1, -0.05) is 0 Å². The quantitative estimate of drug-likeness (QED) is 0.713. The number of aromatic nitrogens is 1. The first-order valence-electron chi connectivity index (χ1n) is 6.96. The fraction of sp³-hybridized carbons (Fsp3) is 0.667. The van der Waals surface area contributed by atoms with Gasteiger partial charge in [0.15, 0.2) is 0 Å². The van der Waals surface area contributed by atoms with Gasteiger partial charge in [-0.25, -0.2) is 4.98 Å². The molecule has 3 rings (SSSR count). The number of nitrogens with zero attached hydrogens (tertiary/aromatic N) is 2. The minimum absolute atomic E-state index is 0.188. The third-order valence-corrected chi connectivity index (χ3v) is 5.62. The van der Waals surface area contributed by atoms with Gasteiger partial charge in [-0.3, -0.25) is 8.98 Å². The molecule has 1 amide bonds. The van der Waals surface area contributed by atoms with E-state index in [2.05, 4.69) is 10.3 Å². The molecule has 2 fully saturated rings. The summed E-state index contributed by atoms with van der Waals surface area (Å²) >= 11 is 1.16. The normalized spacial score (nSPS) is 19.9. The lowest BCUT2D eigenvalue weighted by molar-refractivity contribution is 0.0299. The zero-order valence-corrected chi connectivity index (χ0v) is 13.5. The molecule has 1 N–H and O–H groups in total. The number of hydrogen-bond donors (Lipinski definition) is 1. The van der Waals surface area contributed by atoms with Crippen molar-refractivity contribution in [1.29, 1.82) is 0 Å². The molecule has 0 radical (unpaired) electrons. The van der Waals surface area contributed by atoms with Crippen LogP contribution < -0.4 is 5.32 Å². The van der Waals surface area contributed by atoms with Crippen molar-refractivity contribution in [2.75, 3.05) is 39.4 Å². The predicted octanol–water partition coefficient (Wildman–Crippen LogP) is -0.566. The monoisotopic (exact) mass is 347 g/mol. The van der Waals surface area contributed by atoms with Gasteiger partial charge in [0, 0.05) is 31.6 Å². The highest BCUT2D eigenvalue weighted by molar-refractivity contribution is 7.86. The molecule has 8 nitrogen and oxygen atoms in total. The molecular weight excluding hydrogens is 330 g/mol. The summed E-state index contributed by atoms with van der Waals surface area (Å²) in [6.45, 7) is 3.17. The van der Waals surface area contributed by atoms with Crippen molar-refractivity contribution in [3.8, 4) is 0 Å². The van der Waals surface area contributed by atoms with Gasteiger partial charge < -0.3 is 15.0 Å². The van der Waals surface area contributed by atoms with Crippen LogP contribution in [0.4, 0.5) is 0 Å². The number of amides is 1. The fourth-order valence-corrected chi connectivity index (χ4v) is 4.37. The Morgan fingerprint density at radius 1 is 1.45 bits per heavy atom. The molecule has 10 heteroatoms. The molecule has 0 atom stereocenters. The van der Waals surface area contributed by atoms with Crippen LogP contribution in [0.3, 0.4) is 0 Å². The summed E-state index contributed by atoms with van der Waals surface area (Å²) in [7, 11) is -3.67. The Kier molecular flexibility index (Phi) is 4.73. The molecule has 3 heterocycles. The molecule has 0 saturated carbocycles. The van der Waals surface area contributed by atoms with Crippen molar-refractivity contribution in [2.45, 2.75) is 11.9 Å². The summed E-state index contributed by atoms with van der Waals surface area (Å²) in [5, 5.41) is 4.90. The highest BCUT2D eigenvalue weighted by atomic mass is 32.2. The minimum Gasteiger partial charge on any atom is -0.378 e. The van der Waals surface area contributed by atoms with Crippen LogP contribution in [0.5, 0.6) is 0 Å². The summed E-state index contributed by atoms with van der Waals surface area (Å²) in [5.74, 6) is -0.489. The first-order chi connectivity index (χ1) is 10.5. The number of thiazole rings is 1. The Bertz CT molecular complexity index is 635. The van der Waals surface area contributed by atoms with Crippen LogP contribution in [-0.2, 0) is 24.8 Å². The van der Waals surface area contributed by atoms with Crippen LogP contribution in [0.1, 0.15) is 15.5 Å². The van der Waals surface area contributed by atoms with E-state index < -0.39 is 10.1 Å². The molecule has 22 heavy (non-hydrogen) atoms. The summed E-state index contributed by atoms with van der Waals surface area (Å²) in [6, 6.07) is 0. The molecule has 0 aliphatic carbocycles. The highest BCUT2D eigenvalue weighted by Crippen LogP contribution is 2.17. The third kappa shape index (κ3) is 3.82. The Hall–Kier alpha value is -1.07. The lowest BCUT2D eigenvalue weighted by Crippen LogP contribution is -2.49. The molecular formula is C12H17N3O5S2. The third-order valence-electron chi connectivity index (χ3n) is 3.40. The molecule has 0 aromatic carbocycles. The maximum Gasteiger partial charge on any atom is 0.274 e. The average Bonchev–Trinajstić information content (AvgIpc) is 2.91. The zero-order valence-electron chi connectivity index (χ0n) is 11.9. The Morgan fingerprint density at radius 2 is 2.18 bits per heavy atom. The van der Waals surface area contributed by atoms with Gasteiger partial charge in [-0.2, -0.15) is 8.42 Å². The smallest absolute Gasteiger partial charge is 0.274 e. The van der Waals surface area contributed by atoms with E-state index in [1.807, 2.05) is 0 Å². The summed E-state index contributed by atoms with van der Waals surface area (Å²) in [6.07, 6.45) is -0.292. The standard InChI is InChI=1S/C12H17N3O5S2/c16-12(15-1-3-19-4-2-15)10-7-21-11(14-10)8-22(17,18)20-9-5-13-6-9/h7,9,13H,1-6,8H2. The zero-order chi connectivity index (χ0) is 15.6. The maximum absolute atomic E-state index is 12.2. The number of nitrogens with one attached hydrogen (secondary N) is 1. The molecule has 0 bridgehead atoms. The van der Waals surface area contributed by atoms with Crippen molar-refractivity contribution in [2.24, 2.45) is 0 Å². The van der Waals surface area contributed by atoms with Gasteiger partial charge in [0.05, 0.1) is 13.2 Å². The van der Waals surface area contributed by atoms with Gasteiger partial charge in [-0.05, 0) is 0 Å². The van der Waals surface area contributed by atoms with Crippen molar-refractivity contribution in [1.82, 2.24) is 15.2 Å². The Balaban J connectivity index is 1.61. The van der Waals surface area contributed by atoms with E-state index in [-0.39, 0.29) is 23.5 Å². The number of carbonyl (C=O) groups excluding carboxylic acids is 1. The minimum atomic E-state index is -3.67. The SMILES string of the molecule is O=C(c1csc(CS(=O)(=O)OC2CNC2)n1)N1CCOCC1. The Morgan fingerprint density at radius 3 is 2.82 bits per heavy atom. The van der Waals surface area contributed by atoms with E-state index in [4.69, 9.17) is 8.92 Å². The van der Waals surface area contributed by atoms with E-state index in [0.29, 0.717) is 44.4 Å². The Labute approximate surface area is 132 Å². The van der Waals surface area contributed by atoms with Crippen LogP contribution in [0.2, 0.25) is 0 Å². The number of carbonyl (C=O) groups is 1. The van der Waals surface area contributed by atoms with Crippen molar-refractivity contribution < 1.29 is 22.1 Å². The molecule has 1 aromatic heterocycles. The van der Waals surface area contributed by atoms with Gasteiger partial charge >= 0.3 is 0 Å². The highest BCUT2D eigenvalue weighted by Gasteiger charge is 2.27. The second-order valence-electron chi connectivity index (χ2n) is 5.11. The summed E-state index contributed by atoms with van der Waals surface area (Å²) < 4.78 is 34.0. The first kappa shape index (κ1) is 15.8. The van der Waals surface area contributed by atoms with Gasteiger partial charge in [0.2, 0.25) is 0 Å². The second-order valence-corrected chi connectivity index (χ2v) is 7.65. The second kappa shape index (κ2) is 6.59. The van der Waals surface area contributed by atoms with Crippen LogP contribution in [0, 0.1) is 0 Å². The molecule has 0 spiro atoms. The molecule has 2 saturated heterocycles. The molecule has 1 aromatic rings. The largest absolute Gasteiger partial charge is 0.378 e. The molecule has 2 aliphatic rings. The van der Waals surface area contributed by atoms with E-state index >= 15 is 0 Å². The van der Waals surface area contributed by atoms with E-state index in [0.717, 1.165) is 11.3 Å². The van der Waals surface area contributed by atoms with Crippen LogP contribution >= 0.6 is 11.3 Å². The van der Waals surface area contributed by atoms with Crippen molar-refractivity contribution in [3.63, 3.8) is 0 Å². The topological polar surface area (TPSA) is 97.8 Å². The fourth-order valence-electron chi connectivity index (χ4n) is 2.13. The van der Waals surface area contributed by atoms with Crippen LogP contribution in [0.15, 0.2) is 5.38 Å². The molecule has 0 unspecified atom stereocenters. The summed E-state index contributed by atoms with van der Waals surface area (Å²) in [4.78, 5) is 18.0. The number of morpholine rings is 1. The van der Waals surface area contributed by atoms with Crippen LogP contribution in [0.25, 0.3) is 0 Å². The van der Waals surface area contributed by atoms with Gasteiger partial charge in [-0.15, -0.1) is 11.3 Å². The van der Waals surface area contributed by atoms with Gasteiger partial charge in [0.1, 0.15) is 22.6 Å². The van der Waals surface area contributed by atoms with Crippen LogP contribution in [-0.4, -0.2) is 69.7 Å². The van der Waals surface area contributed by atoms with Gasteiger partial charge in [0.25, 0.3) is 16.0 Å². The lowest BCUT2D eigenvalue weighted by atomic mass is 10.2. The van der Waals surface area contributed by atoms with E-state index in [9.17, 15) is 13.2 Å². The molecule has 2 aliphatic heterocycles. The lowest BCUT2D eigenvalue weighted by Gasteiger charge is -2.26. The predicted molar refractivity (Wildman–Crippen MR) is 79.2 cm³/mol. The van der Waals surface area contributed by atoms with Crippen molar-refractivity contribution >= 4 is 27.4 Å². The summed E-state index contributed by atoms with van der Waals surface area (Å²) in [5.41, 5.74) is 0.280. The number of ether oxygens (including phenoxy) is 1. The molecule has 122 valence electrons. The van der Waals surface area contributed by atoms with E-state index in [1.165, 1.54) is 0 Å². The van der Waals surface area contributed by atoms with Crippen molar-refractivity contribution in [3.05, 3.63) is 16.1 Å². The van der Waals surface area contributed by atoms with E-state index in [1.54, 1.807) is 10.3 Å². The average molecular weight is 347 g/mol. The number of hydrogen-bond acceptors (Lipinski definition) is 8. The first-order valence-corrected chi connectivity index (χ1v) is 9.42. The number of rotatable bonds is 5. The maximum atomic E-state index is 12.2.